The Labute approximate surface area is 241 Å². The summed E-state index contributed by atoms with van der Waals surface area (Å²) in [6, 6.07) is 12.0. The number of nitrogens with zero attached hydrogens (tertiary/aromatic N) is 1. The molecule has 1 aliphatic heterocycles. The van der Waals surface area contributed by atoms with E-state index in [1.165, 1.54) is 82.8 Å². The number of Topliss-reactive ketones (excluding diaryl/α,β-unsaturated/α-hetero) is 1. The Morgan fingerprint density at radius 1 is 0.769 bits per heavy atom. The van der Waals surface area contributed by atoms with Gasteiger partial charge in [0.2, 0.25) is 0 Å². The first-order valence-electron chi connectivity index (χ1n) is 14.7. The normalized spacial score (nSPS) is 16.8. The Hall–Kier alpha value is -2.47. The third-order valence-electron chi connectivity index (χ3n) is 7.60. The van der Waals surface area contributed by atoms with Gasteiger partial charge in [-0.2, -0.15) is 0 Å². The summed E-state index contributed by atoms with van der Waals surface area (Å²) in [5.41, 5.74) is 1.12. The van der Waals surface area contributed by atoms with Crippen LogP contribution in [0.15, 0.2) is 58.6 Å². The van der Waals surface area contributed by atoms with Crippen molar-refractivity contribution in [2.75, 3.05) is 6.54 Å². The second-order valence-corrected chi connectivity index (χ2v) is 11.6. The molecule has 1 fully saturated rings. The van der Waals surface area contributed by atoms with Gasteiger partial charge in [-0.3, -0.25) is 9.59 Å². The number of hydrogen-bond donors (Lipinski definition) is 1. The van der Waals surface area contributed by atoms with Crippen molar-refractivity contribution >= 4 is 33.4 Å². The number of hydrogen-bond acceptors (Lipinski definition) is 3. The summed E-state index contributed by atoms with van der Waals surface area (Å²) in [4.78, 5) is 27.7. The zero-order chi connectivity index (χ0) is 28.0. The Kier molecular flexibility index (Phi) is 13.2. The van der Waals surface area contributed by atoms with Gasteiger partial charge in [-0.25, -0.2) is 4.39 Å². The zero-order valence-corrected chi connectivity index (χ0v) is 24.9. The van der Waals surface area contributed by atoms with Gasteiger partial charge in [-0.15, -0.1) is 0 Å². The number of carbonyl (C=O) groups is 2. The van der Waals surface area contributed by atoms with Crippen molar-refractivity contribution in [1.82, 2.24) is 4.90 Å². The molecule has 39 heavy (non-hydrogen) atoms. The maximum atomic E-state index is 13.7. The summed E-state index contributed by atoms with van der Waals surface area (Å²) < 4.78 is 14.5. The van der Waals surface area contributed by atoms with Gasteiger partial charge in [0.1, 0.15) is 11.6 Å². The van der Waals surface area contributed by atoms with E-state index in [0.29, 0.717) is 17.7 Å². The molecule has 1 amide bonds. The maximum Gasteiger partial charge on any atom is 0.295 e. The van der Waals surface area contributed by atoms with E-state index in [9.17, 15) is 19.1 Å². The fourth-order valence-corrected chi connectivity index (χ4v) is 5.61. The van der Waals surface area contributed by atoms with Crippen LogP contribution in [0.5, 0.6) is 0 Å². The smallest absolute Gasteiger partial charge is 0.295 e. The summed E-state index contributed by atoms with van der Waals surface area (Å²) in [6.45, 7) is 2.67. The molecule has 0 aromatic heterocycles. The van der Waals surface area contributed by atoms with Gasteiger partial charge in [0.05, 0.1) is 11.6 Å². The largest absolute Gasteiger partial charge is 0.507 e. The number of rotatable bonds is 17. The topological polar surface area (TPSA) is 57.6 Å². The third kappa shape index (κ3) is 9.30. The molecule has 0 spiro atoms. The molecule has 1 aliphatic rings. The molecule has 1 unspecified atom stereocenters. The van der Waals surface area contributed by atoms with Crippen LogP contribution in [0, 0.1) is 5.82 Å². The van der Waals surface area contributed by atoms with E-state index in [4.69, 9.17) is 0 Å². The number of amides is 1. The van der Waals surface area contributed by atoms with Gasteiger partial charge in [0.25, 0.3) is 11.7 Å². The molecular weight excluding hydrogens is 557 g/mol. The highest BCUT2D eigenvalue weighted by Crippen LogP contribution is 2.39. The molecule has 0 radical (unpaired) electrons. The molecule has 1 heterocycles. The first kappa shape index (κ1) is 31.1. The van der Waals surface area contributed by atoms with Crippen molar-refractivity contribution in [1.29, 1.82) is 0 Å². The Bertz CT molecular complexity index is 1080. The van der Waals surface area contributed by atoms with E-state index >= 15 is 0 Å². The highest BCUT2D eigenvalue weighted by molar-refractivity contribution is 9.10. The average Bonchev–Trinajstić information content (AvgIpc) is 3.18. The number of aliphatic hydroxyl groups excluding tert-OH is 1. The lowest BCUT2D eigenvalue weighted by Gasteiger charge is -2.25. The molecular formula is C33H43BrFNO3. The predicted octanol–water partition coefficient (Wildman–Crippen LogP) is 9.49. The molecule has 1 N–H and O–H groups in total. The summed E-state index contributed by atoms with van der Waals surface area (Å²) in [7, 11) is 0. The minimum atomic E-state index is -0.740. The van der Waals surface area contributed by atoms with Crippen LogP contribution < -0.4 is 0 Å². The van der Waals surface area contributed by atoms with Gasteiger partial charge in [-0.05, 0) is 36.2 Å². The van der Waals surface area contributed by atoms with Gasteiger partial charge in [0.15, 0.2) is 0 Å². The molecule has 6 heteroatoms. The average molecular weight is 601 g/mol. The third-order valence-corrected chi connectivity index (χ3v) is 8.12. The highest BCUT2D eigenvalue weighted by atomic mass is 79.9. The molecule has 2 aromatic rings. The van der Waals surface area contributed by atoms with E-state index in [2.05, 4.69) is 22.9 Å². The van der Waals surface area contributed by atoms with E-state index < -0.39 is 23.5 Å². The number of aliphatic hydroxyl groups is 1. The van der Waals surface area contributed by atoms with E-state index in [0.717, 1.165) is 23.7 Å². The molecule has 1 atom stereocenters. The van der Waals surface area contributed by atoms with Gasteiger partial charge in [0, 0.05) is 16.6 Å². The minimum Gasteiger partial charge on any atom is -0.507 e. The van der Waals surface area contributed by atoms with Crippen LogP contribution in [-0.4, -0.2) is 28.2 Å². The Morgan fingerprint density at radius 3 is 1.77 bits per heavy atom. The molecule has 3 rings (SSSR count). The van der Waals surface area contributed by atoms with Crippen molar-refractivity contribution < 1.29 is 19.1 Å². The summed E-state index contributed by atoms with van der Waals surface area (Å²) in [5, 5.41) is 11.1. The molecule has 212 valence electrons. The number of halogens is 2. The van der Waals surface area contributed by atoms with Crippen LogP contribution in [0.3, 0.4) is 0 Å². The number of carbonyl (C=O) groups excluding carboxylic acids is 2. The van der Waals surface area contributed by atoms with Crippen LogP contribution in [0.25, 0.3) is 5.76 Å². The van der Waals surface area contributed by atoms with Crippen LogP contribution in [0.1, 0.15) is 114 Å². The quantitative estimate of drug-likeness (QED) is 0.0852. The Morgan fingerprint density at radius 2 is 1.26 bits per heavy atom. The molecule has 0 bridgehead atoms. The van der Waals surface area contributed by atoms with Gasteiger partial charge >= 0.3 is 0 Å². The van der Waals surface area contributed by atoms with Crippen LogP contribution in [0.2, 0.25) is 0 Å². The van der Waals surface area contributed by atoms with E-state index in [-0.39, 0.29) is 11.3 Å². The second-order valence-electron chi connectivity index (χ2n) is 10.6. The van der Waals surface area contributed by atoms with Crippen molar-refractivity contribution in [3.8, 4) is 0 Å². The molecule has 4 nitrogen and oxygen atoms in total. The number of likely N-dealkylation sites (tertiary alicyclic amines) is 1. The van der Waals surface area contributed by atoms with Crippen LogP contribution in [-0.2, 0) is 9.59 Å². The second kappa shape index (κ2) is 16.6. The number of ketones is 1. The van der Waals surface area contributed by atoms with E-state index in [1.54, 1.807) is 41.3 Å². The highest BCUT2D eigenvalue weighted by Gasteiger charge is 2.45. The van der Waals surface area contributed by atoms with Crippen molar-refractivity contribution in [3.63, 3.8) is 0 Å². The van der Waals surface area contributed by atoms with Gasteiger partial charge in [-0.1, -0.05) is 131 Å². The fraction of sp³-hybridized carbons (Fsp3) is 0.515. The SMILES string of the molecule is CCCCCCCCCCCCCCCCN1C(=O)C(=O)/C(=C(\O)c2ccc(Br)cc2)C1c1ccc(F)cc1. The number of benzene rings is 2. The number of unbranched alkanes of at least 4 members (excludes halogenated alkanes) is 13. The van der Waals surface area contributed by atoms with Crippen molar-refractivity contribution in [2.24, 2.45) is 0 Å². The first-order chi connectivity index (χ1) is 18.9. The van der Waals surface area contributed by atoms with Crippen LogP contribution >= 0.6 is 15.9 Å². The van der Waals surface area contributed by atoms with Crippen molar-refractivity contribution in [2.45, 2.75) is 103 Å². The van der Waals surface area contributed by atoms with Gasteiger partial charge < -0.3 is 10.0 Å². The molecule has 0 saturated carbocycles. The lowest BCUT2D eigenvalue weighted by Crippen LogP contribution is -2.30. The molecule has 1 saturated heterocycles. The van der Waals surface area contributed by atoms with Crippen LogP contribution in [0.4, 0.5) is 4.39 Å². The Balaban J connectivity index is 1.52. The monoisotopic (exact) mass is 599 g/mol. The first-order valence-corrected chi connectivity index (χ1v) is 15.5. The zero-order valence-electron chi connectivity index (χ0n) is 23.3. The standard InChI is InChI=1S/C33H43BrFNO3/c1-2-3-4-5-6-7-8-9-10-11-12-13-14-15-24-36-30(25-18-22-28(35)23-19-25)29(32(38)33(36)39)31(37)26-16-20-27(34)21-17-26/h16-23,30,37H,2-15,24H2,1H3/b31-29-. The summed E-state index contributed by atoms with van der Waals surface area (Å²) >= 11 is 3.38. The predicted molar refractivity (Wildman–Crippen MR) is 160 cm³/mol. The lowest BCUT2D eigenvalue weighted by molar-refractivity contribution is -0.139. The van der Waals surface area contributed by atoms with Crippen molar-refractivity contribution in [3.05, 3.63) is 75.5 Å². The van der Waals surface area contributed by atoms with E-state index in [1.807, 2.05) is 0 Å². The maximum absolute atomic E-state index is 13.7. The molecule has 2 aromatic carbocycles. The summed E-state index contributed by atoms with van der Waals surface area (Å²) in [5.74, 6) is -1.91. The summed E-state index contributed by atoms with van der Waals surface area (Å²) in [6.07, 6.45) is 17.4. The molecule has 0 aliphatic carbocycles. The fourth-order valence-electron chi connectivity index (χ4n) is 5.34. The minimum absolute atomic E-state index is 0.0549. The lowest BCUT2D eigenvalue weighted by atomic mass is 9.95.